The summed E-state index contributed by atoms with van der Waals surface area (Å²) in [6, 6.07) is 7.51. The van der Waals surface area contributed by atoms with Gasteiger partial charge in [0.25, 0.3) is 0 Å². The van der Waals surface area contributed by atoms with E-state index in [2.05, 4.69) is 47.2 Å². The number of para-hydroxylation sites is 1. The van der Waals surface area contributed by atoms with E-state index >= 15 is 0 Å². The zero-order valence-corrected chi connectivity index (χ0v) is 12.4. The summed E-state index contributed by atoms with van der Waals surface area (Å²) in [7, 11) is 2.27. The molecule has 0 aliphatic carbocycles. The molecular weight excluding hydrogens is 264 g/mol. The quantitative estimate of drug-likeness (QED) is 0.919. The zero-order chi connectivity index (χ0) is 11.7. The molecule has 1 aromatic carbocycles. The molecule has 0 spiro atoms. The Hall–Kier alpha value is -0.380. The Labute approximate surface area is 120 Å². The number of hydrogen-bond donors (Lipinski definition) is 1. The molecule has 18 heavy (non-hydrogen) atoms. The van der Waals surface area contributed by atoms with Crippen molar-refractivity contribution in [2.75, 3.05) is 30.4 Å². The van der Waals surface area contributed by atoms with Gasteiger partial charge in [0.15, 0.2) is 0 Å². The van der Waals surface area contributed by atoms with Gasteiger partial charge in [-0.3, -0.25) is 4.90 Å². The lowest BCUT2D eigenvalue weighted by Gasteiger charge is -2.24. The first kappa shape index (κ1) is 14.0. The van der Waals surface area contributed by atoms with Crippen LogP contribution in [0.5, 0.6) is 0 Å². The Bertz CT molecular complexity index is 405. The molecular formula is C14H21ClN2S. The third-order valence-electron chi connectivity index (χ3n) is 3.88. The maximum absolute atomic E-state index is 3.53. The van der Waals surface area contributed by atoms with Crippen LogP contribution in [0, 0.1) is 0 Å². The maximum Gasteiger partial charge on any atom is 0.0419 e. The second-order valence-electron chi connectivity index (χ2n) is 5.06. The van der Waals surface area contributed by atoms with Crippen molar-refractivity contribution in [1.29, 1.82) is 0 Å². The molecule has 2 aliphatic heterocycles. The Balaban J connectivity index is 0.00000120. The number of fused-ring (bicyclic) bond motifs is 1. The van der Waals surface area contributed by atoms with Crippen LogP contribution in [0.15, 0.2) is 18.2 Å². The van der Waals surface area contributed by atoms with E-state index < -0.39 is 0 Å². The molecule has 1 aromatic rings. The van der Waals surface area contributed by atoms with Gasteiger partial charge in [-0.1, -0.05) is 18.2 Å². The first-order valence-corrected chi connectivity index (χ1v) is 7.62. The average Bonchev–Trinajstić information content (AvgIpc) is 3.00. The van der Waals surface area contributed by atoms with Crippen LogP contribution >= 0.6 is 24.2 Å². The summed E-state index contributed by atoms with van der Waals surface area (Å²) in [5.74, 6) is 2.64. The average molecular weight is 285 g/mol. The van der Waals surface area contributed by atoms with E-state index in [0.29, 0.717) is 0 Å². The van der Waals surface area contributed by atoms with Gasteiger partial charge in [-0.2, -0.15) is 11.8 Å². The first-order valence-electron chi connectivity index (χ1n) is 6.47. The highest BCUT2D eigenvalue weighted by molar-refractivity contribution is 7.99. The lowest BCUT2D eigenvalue weighted by molar-refractivity contribution is 0.255. The van der Waals surface area contributed by atoms with Gasteiger partial charge in [-0.25, -0.2) is 0 Å². The van der Waals surface area contributed by atoms with Crippen molar-refractivity contribution in [3.8, 4) is 0 Å². The third-order valence-corrected chi connectivity index (χ3v) is 5.03. The number of halogens is 1. The summed E-state index contributed by atoms with van der Waals surface area (Å²) in [6.07, 6.45) is 2.54. The second-order valence-corrected chi connectivity index (χ2v) is 6.21. The Kier molecular flexibility index (Phi) is 4.82. The summed E-state index contributed by atoms with van der Waals surface area (Å²) in [5.41, 5.74) is 4.38. The number of rotatable bonds is 3. The minimum atomic E-state index is 0. The minimum Gasteiger partial charge on any atom is -0.384 e. The monoisotopic (exact) mass is 284 g/mol. The molecule has 2 nitrogen and oxygen atoms in total. The molecule has 4 heteroatoms. The van der Waals surface area contributed by atoms with Crippen LogP contribution in [0.25, 0.3) is 0 Å². The van der Waals surface area contributed by atoms with E-state index in [1.165, 1.54) is 41.2 Å². The maximum atomic E-state index is 3.53. The van der Waals surface area contributed by atoms with Crippen LogP contribution in [-0.4, -0.2) is 36.0 Å². The zero-order valence-electron chi connectivity index (χ0n) is 10.8. The van der Waals surface area contributed by atoms with Crippen LogP contribution in [0.3, 0.4) is 0 Å². The highest BCUT2D eigenvalue weighted by Gasteiger charge is 2.21. The summed E-state index contributed by atoms with van der Waals surface area (Å²) >= 11 is 2.09. The van der Waals surface area contributed by atoms with Gasteiger partial charge in [-0.05, 0) is 36.8 Å². The van der Waals surface area contributed by atoms with E-state index in [0.717, 1.165) is 19.1 Å². The Morgan fingerprint density at radius 2 is 2.33 bits per heavy atom. The second kappa shape index (κ2) is 6.18. The molecule has 1 saturated heterocycles. The molecule has 0 radical (unpaired) electrons. The molecule has 1 unspecified atom stereocenters. The number of nitrogens with one attached hydrogen (secondary N) is 1. The molecule has 2 heterocycles. The van der Waals surface area contributed by atoms with E-state index in [9.17, 15) is 0 Å². The molecule has 0 amide bonds. The SMILES string of the molecule is CN(Cc1cccc2c1NCC2)C1CCSC1.Cl. The normalized spacial score (nSPS) is 21.6. The molecule has 0 aromatic heterocycles. The van der Waals surface area contributed by atoms with Crippen molar-refractivity contribution in [3.63, 3.8) is 0 Å². The van der Waals surface area contributed by atoms with Crippen LogP contribution in [0.4, 0.5) is 5.69 Å². The predicted octanol–water partition coefficient (Wildman–Crippen LogP) is 3.01. The summed E-state index contributed by atoms with van der Waals surface area (Å²) in [6.45, 7) is 2.19. The molecule has 0 saturated carbocycles. The van der Waals surface area contributed by atoms with Crippen molar-refractivity contribution in [3.05, 3.63) is 29.3 Å². The van der Waals surface area contributed by atoms with Crippen molar-refractivity contribution in [1.82, 2.24) is 4.90 Å². The smallest absolute Gasteiger partial charge is 0.0419 e. The van der Waals surface area contributed by atoms with Gasteiger partial charge >= 0.3 is 0 Å². The minimum absolute atomic E-state index is 0. The van der Waals surface area contributed by atoms with E-state index in [1.54, 1.807) is 0 Å². The standard InChI is InChI=1S/C14H20N2S.ClH/c1-16(13-6-8-17-10-13)9-12-4-2-3-11-5-7-15-14(11)12;/h2-4,13,15H,5-10H2,1H3;1H. The van der Waals surface area contributed by atoms with Crippen molar-refractivity contribution < 1.29 is 0 Å². The lowest BCUT2D eigenvalue weighted by Crippen LogP contribution is -2.31. The van der Waals surface area contributed by atoms with Gasteiger partial charge in [0, 0.05) is 30.6 Å². The number of hydrogen-bond acceptors (Lipinski definition) is 3. The number of thioether (sulfide) groups is 1. The van der Waals surface area contributed by atoms with Gasteiger partial charge in [0.05, 0.1) is 0 Å². The molecule has 1 atom stereocenters. The Morgan fingerprint density at radius 3 is 3.11 bits per heavy atom. The fraction of sp³-hybridized carbons (Fsp3) is 0.571. The molecule has 1 fully saturated rings. The first-order chi connectivity index (χ1) is 8.34. The largest absolute Gasteiger partial charge is 0.384 e. The molecule has 2 aliphatic rings. The van der Waals surface area contributed by atoms with Crippen molar-refractivity contribution >= 4 is 29.9 Å². The summed E-state index contributed by atoms with van der Waals surface area (Å²) < 4.78 is 0. The number of nitrogens with zero attached hydrogens (tertiary/aromatic N) is 1. The van der Waals surface area contributed by atoms with Gasteiger partial charge in [-0.15, -0.1) is 12.4 Å². The van der Waals surface area contributed by atoms with E-state index in [1.807, 2.05) is 0 Å². The lowest BCUT2D eigenvalue weighted by atomic mass is 10.1. The predicted molar refractivity (Wildman–Crippen MR) is 83.1 cm³/mol. The van der Waals surface area contributed by atoms with Gasteiger partial charge in [0.1, 0.15) is 0 Å². The van der Waals surface area contributed by atoms with E-state index in [-0.39, 0.29) is 12.4 Å². The van der Waals surface area contributed by atoms with Gasteiger partial charge < -0.3 is 5.32 Å². The Morgan fingerprint density at radius 1 is 1.44 bits per heavy atom. The fourth-order valence-electron chi connectivity index (χ4n) is 2.81. The molecule has 0 bridgehead atoms. The van der Waals surface area contributed by atoms with Gasteiger partial charge in [0.2, 0.25) is 0 Å². The highest BCUT2D eigenvalue weighted by Crippen LogP contribution is 2.29. The fourth-order valence-corrected chi connectivity index (χ4v) is 4.11. The molecule has 1 N–H and O–H groups in total. The summed E-state index contributed by atoms with van der Waals surface area (Å²) in [5, 5.41) is 3.53. The topological polar surface area (TPSA) is 15.3 Å². The van der Waals surface area contributed by atoms with Crippen LogP contribution in [-0.2, 0) is 13.0 Å². The third kappa shape index (κ3) is 2.79. The number of anilines is 1. The van der Waals surface area contributed by atoms with Crippen molar-refractivity contribution in [2.24, 2.45) is 0 Å². The highest BCUT2D eigenvalue weighted by atomic mass is 35.5. The van der Waals surface area contributed by atoms with E-state index in [4.69, 9.17) is 0 Å². The van der Waals surface area contributed by atoms with Crippen LogP contribution in [0.1, 0.15) is 17.5 Å². The van der Waals surface area contributed by atoms with Crippen LogP contribution < -0.4 is 5.32 Å². The summed E-state index contributed by atoms with van der Waals surface area (Å²) in [4.78, 5) is 2.52. The van der Waals surface area contributed by atoms with Crippen molar-refractivity contribution in [2.45, 2.75) is 25.4 Å². The van der Waals surface area contributed by atoms with Crippen LogP contribution in [0.2, 0.25) is 0 Å². The molecule has 3 rings (SSSR count). The molecule has 100 valence electrons. The number of benzene rings is 1.